The highest BCUT2D eigenvalue weighted by molar-refractivity contribution is 5.43. The van der Waals surface area contributed by atoms with Crippen LogP contribution in [0.2, 0.25) is 0 Å². The monoisotopic (exact) mass is 246 g/mol. The second-order valence-corrected chi connectivity index (χ2v) is 3.32. The second-order valence-electron chi connectivity index (χ2n) is 3.32. The van der Waals surface area contributed by atoms with Gasteiger partial charge in [0.15, 0.2) is 0 Å². The van der Waals surface area contributed by atoms with Crippen LogP contribution < -0.4 is 10.5 Å². The molecule has 7 heteroatoms. The molecule has 94 valence electrons. The van der Waals surface area contributed by atoms with Crippen LogP contribution >= 0.6 is 0 Å². The van der Waals surface area contributed by atoms with Gasteiger partial charge in [0.25, 0.3) is 5.69 Å². The van der Waals surface area contributed by atoms with E-state index in [2.05, 4.69) is 4.74 Å². The maximum Gasteiger partial charge on any atom is 0.387 e. The molecular weight excluding hydrogens is 234 g/mol. The van der Waals surface area contributed by atoms with Crippen LogP contribution in [0.15, 0.2) is 18.2 Å². The molecule has 0 amide bonds. The van der Waals surface area contributed by atoms with Crippen molar-refractivity contribution in [1.82, 2.24) is 0 Å². The summed E-state index contributed by atoms with van der Waals surface area (Å²) >= 11 is 0. The van der Waals surface area contributed by atoms with Crippen molar-refractivity contribution in [3.8, 4) is 5.75 Å². The topological polar surface area (TPSA) is 78.4 Å². The van der Waals surface area contributed by atoms with E-state index < -0.39 is 11.5 Å². The molecule has 0 unspecified atom stereocenters. The molecule has 0 saturated carbocycles. The molecule has 1 aromatic carbocycles. The van der Waals surface area contributed by atoms with Crippen LogP contribution in [0.4, 0.5) is 14.5 Å². The maximum absolute atomic E-state index is 12.1. The molecule has 0 atom stereocenters. The molecule has 0 radical (unpaired) electrons. The normalized spacial score (nSPS) is 10.6. The van der Waals surface area contributed by atoms with Crippen molar-refractivity contribution < 1.29 is 18.4 Å². The third kappa shape index (κ3) is 3.95. The number of aryl methyl sites for hydroxylation is 1. The fourth-order valence-corrected chi connectivity index (χ4v) is 1.38. The van der Waals surface area contributed by atoms with Crippen LogP contribution in [-0.4, -0.2) is 18.1 Å². The zero-order valence-electron chi connectivity index (χ0n) is 8.94. The van der Waals surface area contributed by atoms with E-state index in [0.717, 1.165) is 6.07 Å². The Bertz CT molecular complexity index is 399. The summed E-state index contributed by atoms with van der Waals surface area (Å²) < 4.78 is 28.5. The molecule has 5 nitrogen and oxygen atoms in total. The van der Waals surface area contributed by atoms with Crippen molar-refractivity contribution >= 4 is 5.69 Å². The number of ether oxygens (including phenoxy) is 1. The molecule has 0 spiro atoms. The minimum absolute atomic E-state index is 0.0425. The van der Waals surface area contributed by atoms with Crippen LogP contribution in [0.3, 0.4) is 0 Å². The summed E-state index contributed by atoms with van der Waals surface area (Å²) in [6.45, 7) is -2.58. The lowest BCUT2D eigenvalue weighted by Crippen LogP contribution is -2.06. The summed E-state index contributed by atoms with van der Waals surface area (Å²) in [4.78, 5) is 9.97. The van der Waals surface area contributed by atoms with Crippen molar-refractivity contribution in [2.24, 2.45) is 5.73 Å². The highest BCUT2D eigenvalue weighted by Crippen LogP contribution is 2.26. The van der Waals surface area contributed by atoms with Crippen LogP contribution in [0, 0.1) is 10.1 Å². The molecule has 1 rings (SSSR count). The molecule has 17 heavy (non-hydrogen) atoms. The first-order valence-corrected chi connectivity index (χ1v) is 4.96. The quantitative estimate of drug-likeness (QED) is 0.615. The largest absolute Gasteiger partial charge is 0.435 e. The van der Waals surface area contributed by atoms with Crippen molar-refractivity contribution in [1.29, 1.82) is 0 Å². The minimum atomic E-state index is -2.95. The predicted molar refractivity (Wildman–Crippen MR) is 57.1 cm³/mol. The fraction of sp³-hybridized carbons (Fsp3) is 0.400. The summed E-state index contributed by atoms with van der Waals surface area (Å²) in [5.74, 6) is -0.0425. The highest BCUT2D eigenvalue weighted by Gasteiger charge is 2.14. The van der Waals surface area contributed by atoms with Gasteiger partial charge < -0.3 is 10.5 Å². The predicted octanol–water partition coefficient (Wildman–Crippen LogP) is 2.09. The average Bonchev–Trinajstić information content (AvgIpc) is 2.26. The molecule has 0 aliphatic carbocycles. The van der Waals surface area contributed by atoms with Crippen LogP contribution in [0.25, 0.3) is 0 Å². The Balaban J connectivity index is 2.98. The molecule has 2 N–H and O–H groups in total. The number of alkyl halides is 2. The zero-order chi connectivity index (χ0) is 12.8. The van der Waals surface area contributed by atoms with Crippen molar-refractivity contribution in [3.63, 3.8) is 0 Å². The number of hydrogen-bond acceptors (Lipinski definition) is 4. The number of hydrogen-bond donors (Lipinski definition) is 1. The Morgan fingerprint density at radius 3 is 2.71 bits per heavy atom. The van der Waals surface area contributed by atoms with E-state index in [4.69, 9.17) is 5.73 Å². The lowest BCUT2D eigenvalue weighted by atomic mass is 10.1. The fourth-order valence-electron chi connectivity index (χ4n) is 1.38. The van der Waals surface area contributed by atoms with Gasteiger partial charge in [-0.3, -0.25) is 10.1 Å². The minimum Gasteiger partial charge on any atom is -0.435 e. The summed E-state index contributed by atoms with van der Waals surface area (Å²) in [5.41, 5.74) is 5.51. The molecule has 0 aliphatic rings. The van der Waals surface area contributed by atoms with Crippen molar-refractivity contribution in [3.05, 3.63) is 33.9 Å². The Labute approximate surface area is 96.3 Å². The lowest BCUT2D eigenvalue weighted by Gasteiger charge is -2.09. The first-order chi connectivity index (χ1) is 8.04. The van der Waals surface area contributed by atoms with E-state index in [0.29, 0.717) is 24.9 Å². The van der Waals surface area contributed by atoms with E-state index in [1.54, 1.807) is 0 Å². The molecule has 0 aromatic heterocycles. The van der Waals surface area contributed by atoms with Gasteiger partial charge >= 0.3 is 6.61 Å². The Morgan fingerprint density at radius 2 is 2.18 bits per heavy atom. The van der Waals surface area contributed by atoms with Crippen molar-refractivity contribution in [2.45, 2.75) is 19.5 Å². The van der Waals surface area contributed by atoms with Crippen molar-refractivity contribution in [2.75, 3.05) is 6.54 Å². The Kier molecular flexibility index (Phi) is 4.77. The van der Waals surface area contributed by atoms with E-state index in [-0.39, 0.29) is 11.4 Å². The summed E-state index contributed by atoms with van der Waals surface area (Å²) in [7, 11) is 0. The number of nitro groups is 1. The highest BCUT2D eigenvalue weighted by atomic mass is 19.3. The Hall–Kier alpha value is -1.76. The molecular formula is C10H12F2N2O3. The van der Waals surface area contributed by atoms with Gasteiger partial charge in [-0.15, -0.1) is 0 Å². The van der Waals surface area contributed by atoms with Gasteiger partial charge in [-0.05, 0) is 25.5 Å². The summed E-state index contributed by atoms with van der Waals surface area (Å²) in [5, 5.41) is 10.6. The maximum atomic E-state index is 12.1. The van der Waals surface area contributed by atoms with E-state index in [1.165, 1.54) is 12.1 Å². The number of halogens is 2. The van der Waals surface area contributed by atoms with Gasteiger partial charge in [-0.2, -0.15) is 8.78 Å². The first kappa shape index (κ1) is 13.3. The number of nitrogens with zero attached hydrogens (tertiary/aromatic N) is 1. The molecule has 0 fully saturated rings. The van der Waals surface area contributed by atoms with Gasteiger partial charge in [0.1, 0.15) is 5.75 Å². The van der Waals surface area contributed by atoms with Gasteiger partial charge in [0.05, 0.1) is 4.92 Å². The third-order valence-electron chi connectivity index (χ3n) is 2.12. The van der Waals surface area contributed by atoms with Gasteiger partial charge in [0, 0.05) is 17.7 Å². The van der Waals surface area contributed by atoms with Gasteiger partial charge in [-0.25, -0.2) is 0 Å². The van der Waals surface area contributed by atoms with E-state index in [1.807, 2.05) is 0 Å². The lowest BCUT2D eigenvalue weighted by molar-refractivity contribution is -0.385. The van der Waals surface area contributed by atoms with Gasteiger partial charge in [0.2, 0.25) is 0 Å². The molecule has 0 bridgehead atoms. The molecule has 0 heterocycles. The van der Waals surface area contributed by atoms with Gasteiger partial charge in [-0.1, -0.05) is 0 Å². The summed E-state index contributed by atoms with van der Waals surface area (Å²) in [6, 6.07) is 3.53. The van der Waals surface area contributed by atoms with Crippen LogP contribution in [-0.2, 0) is 6.42 Å². The Morgan fingerprint density at radius 1 is 1.47 bits per heavy atom. The van der Waals surface area contributed by atoms with E-state index in [9.17, 15) is 18.9 Å². The third-order valence-corrected chi connectivity index (χ3v) is 2.12. The molecule has 0 saturated heterocycles. The summed E-state index contributed by atoms with van der Waals surface area (Å²) in [6.07, 6.45) is 0.904. The molecule has 0 aliphatic heterocycles. The average molecular weight is 246 g/mol. The zero-order valence-corrected chi connectivity index (χ0v) is 8.94. The van der Waals surface area contributed by atoms with Crippen LogP contribution in [0.5, 0.6) is 5.75 Å². The standard InChI is InChI=1S/C10H12F2N2O3/c11-10(12)17-9-4-3-8(14(15)16)6-7(9)2-1-5-13/h3-4,6,10H,1-2,5,13H2. The number of nitro benzene ring substituents is 1. The van der Waals surface area contributed by atoms with Crippen LogP contribution in [0.1, 0.15) is 12.0 Å². The number of non-ortho nitro benzene ring substituents is 1. The number of rotatable bonds is 6. The number of nitrogens with two attached hydrogens (primary N) is 1. The molecule has 1 aromatic rings. The number of benzene rings is 1. The van der Waals surface area contributed by atoms with E-state index >= 15 is 0 Å². The first-order valence-electron chi connectivity index (χ1n) is 4.96. The second kappa shape index (κ2) is 6.09. The smallest absolute Gasteiger partial charge is 0.387 e. The SMILES string of the molecule is NCCCc1cc([N+](=O)[O-])ccc1OC(F)F.